The lowest BCUT2D eigenvalue weighted by Gasteiger charge is -2.15. The van der Waals surface area contributed by atoms with Gasteiger partial charge in [0.25, 0.3) is 11.8 Å². The zero-order valence-electron chi connectivity index (χ0n) is 13.9. The van der Waals surface area contributed by atoms with Crippen molar-refractivity contribution in [2.24, 2.45) is 0 Å². The van der Waals surface area contributed by atoms with Gasteiger partial charge in [-0.25, -0.2) is 0 Å². The van der Waals surface area contributed by atoms with Gasteiger partial charge in [-0.1, -0.05) is 24.3 Å². The fraction of sp³-hybridized carbons (Fsp3) is 0.222. The Kier molecular flexibility index (Phi) is 6.26. The molecule has 0 bridgehead atoms. The van der Waals surface area contributed by atoms with E-state index < -0.39 is 0 Å². The number of hydrogen-bond acceptors (Lipinski definition) is 4. The molecule has 0 saturated carbocycles. The van der Waals surface area contributed by atoms with Gasteiger partial charge in [0.2, 0.25) is 0 Å². The van der Waals surface area contributed by atoms with Crippen molar-refractivity contribution in [3.63, 3.8) is 0 Å². The van der Waals surface area contributed by atoms with Gasteiger partial charge in [0, 0.05) is 30.2 Å². The van der Waals surface area contributed by atoms with Crippen LogP contribution < -0.4 is 15.8 Å². The first kappa shape index (κ1) is 17.9. The van der Waals surface area contributed by atoms with Crippen molar-refractivity contribution in [3.8, 4) is 0 Å². The number of hydrogen-bond donors (Lipinski definition) is 2. The molecule has 6 heteroatoms. The molecule has 0 spiro atoms. The fourth-order valence-electron chi connectivity index (χ4n) is 1.97. The molecule has 0 saturated heterocycles. The van der Waals surface area contributed by atoms with Crippen molar-refractivity contribution in [3.05, 3.63) is 60.2 Å². The molecule has 0 aromatic heterocycles. The number of rotatable bonds is 5. The monoisotopic (exact) mass is 343 g/mol. The molecule has 126 valence electrons. The molecule has 0 aliphatic carbocycles. The van der Waals surface area contributed by atoms with E-state index >= 15 is 0 Å². The van der Waals surface area contributed by atoms with Crippen LogP contribution in [0.1, 0.15) is 17.3 Å². The molecule has 0 fully saturated rings. The predicted octanol–water partition coefficient (Wildman–Crippen LogP) is 2.69. The second-order valence-corrected chi connectivity index (χ2v) is 6.88. The molecule has 2 amide bonds. The molecular weight excluding hydrogens is 322 g/mol. The number of anilines is 1. The summed E-state index contributed by atoms with van der Waals surface area (Å²) in [5.41, 5.74) is 6.35. The number of nitrogens with zero attached hydrogens (tertiary/aromatic N) is 1. The Morgan fingerprint density at radius 1 is 1.00 bits per heavy atom. The van der Waals surface area contributed by atoms with Crippen LogP contribution in [-0.4, -0.2) is 31.2 Å². The highest BCUT2D eigenvalue weighted by molar-refractivity contribution is 8.00. The third-order valence-electron chi connectivity index (χ3n) is 3.35. The quantitative estimate of drug-likeness (QED) is 0.647. The standard InChI is InChI=1S/C18H21N3O2S/c1-13(24-16-10-5-4-6-11-16)17(22)19-20-18(23)14-8-7-9-15(12-14)21(2)3/h4-13H,1-3H3,(H,19,22)(H,20,23). The Bertz CT molecular complexity index is 704. The molecule has 0 aliphatic rings. The lowest BCUT2D eigenvalue weighted by atomic mass is 10.2. The maximum absolute atomic E-state index is 12.2. The van der Waals surface area contributed by atoms with Crippen molar-refractivity contribution in [2.75, 3.05) is 19.0 Å². The zero-order chi connectivity index (χ0) is 17.5. The smallest absolute Gasteiger partial charge is 0.269 e. The third kappa shape index (κ3) is 5.03. The van der Waals surface area contributed by atoms with E-state index in [1.807, 2.05) is 55.4 Å². The summed E-state index contributed by atoms with van der Waals surface area (Å²) < 4.78 is 0. The highest BCUT2D eigenvalue weighted by Crippen LogP contribution is 2.22. The number of benzene rings is 2. The molecule has 0 heterocycles. The van der Waals surface area contributed by atoms with Gasteiger partial charge in [-0.05, 0) is 37.3 Å². The van der Waals surface area contributed by atoms with E-state index in [1.165, 1.54) is 11.8 Å². The summed E-state index contributed by atoms with van der Waals surface area (Å²) in [5.74, 6) is -0.593. The fourth-order valence-corrected chi connectivity index (χ4v) is 2.86. The number of amides is 2. The molecule has 1 atom stereocenters. The van der Waals surface area contributed by atoms with E-state index in [-0.39, 0.29) is 17.1 Å². The van der Waals surface area contributed by atoms with Crippen molar-refractivity contribution in [2.45, 2.75) is 17.1 Å². The molecule has 0 aliphatic heterocycles. The molecule has 2 rings (SSSR count). The van der Waals surface area contributed by atoms with Crippen LogP contribution in [0.2, 0.25) is 0 Å². The molecule has 2 aromatic carbocycles. The predicted molar refractivity (Wildman–Crippen MR) is 98.1 cm³/mol. The summed E-state index contributed by atoms with van der Waals surface area (Å²) in [7, 11) is 3.81. The van der Waals surface area contributed by atoms with Crippen LogP contribution in [0.4, 0.5) is 5.69 Å². The van der Waals surface area contributed by atoms with Gasteiger partial charge < -0.3 is 4.90 Å². The van der Waals surface area contributed by atoms with E-state index in [0.29, 0.717) is 5.56 Å². The van der Waals surface area contributed by atoms with E-state index in [1.54, 1.807) is 25.1 Å². The highest BCUT2D eigenvalue weighted by atomic mass is 32.2. The topological polar surface area (TPSA) is 61.4 Å². The largest absolute Gasteiger partial charge is 0.378 e. The number of nitrogens with one attached hydrogen (secondary N) is 2. The number of hydrazine groups is 1. The van der Waals surface area contributed by atoms with Gasteiger partial charge in [0.15, 0.2) is 0 Å². The third-order valence-corrected chi connectivity index (χ3v) is 4.46. The SMILES string of the molecule is CC(Sc1ccccc1)C(=O)NNC(=O)c1cccc(N(C)C)c1. The Labute approximate surface area is 146 Å². The molecule has 1 unspecified atom stereocenters. The van der Waals surface area contributed by atoms with Crippen LogP contribution in [0.3, 0.4) is 0 Å². The van der Waals surface area contributed by atoms with Crippen LogP contribution in [0.5, 0.6) is 0 Å². The van der Waals surface area contributed by atoms with Gasteiger partial charge in [0.05, 0.1) is 5.25 Å². The van der Waals surface area contributed by atoms with E-state index in [4.69, 9.17) is 0 Å². The molecule has 2 aromatic rings. The zero-order valence-corrected chi connectivity index (χ0v) is 14.8. The molecule has 0 radical (unpaired) electrons. The van der Waals surface area contributed by atoms with Gasteiger partial charge in [0.1, 0.15) is 0 Å². The first-order valence-electron chi connectivity index (χ1n) is 7.56. The number of thioether (sulfide) groups is 1. The lowest BCUT2D eigenvalue weighted by Crippen LogP contribution is -2.44. The summed E-state index contributed by atoms with van der Waals surface area (Å²) in [6.45, 7) is 1.80. The maximum Gasteiger partial charge on any atom is 0.269 e. The minimum atomic E-state index is -0.344. The van der Waals surface area contributed by atoms with Crippen LogP contribution in [0, 0.1) is 0 Å². The second kappa shape index (κ2) is 8.40. The summed E-state index contributed by atoms with van der Waals surface area (Å²) >= 11 is 1.44. The van der Waals surface area contributed by atoms with Crippen molar-refractivity contribution >= 4 is 29.3 Å². The lowest BCUT2D eigenvalue weighted by molar-refractivity contribution is -0.121. The molecule has 2 N–H and O–H groups in total. The van der Waals surface area contributed by atoms with Crippen molar-refractivity contribution in [1.82, 2.24) is 10.9 Å². The number of carbonyl (C=O) groups excluding carboxylic acids is 2. The van der Waals surface area contributed by atoms with E-state index in [9.17, 15) is 9.59 Å². The van der Waals surface area contributed by atoms with Gasteiger partial charge in [-0.2, -0.15) is 0 Å². The van der Waals surface area contributed by atoms with E-state index in [0.717, 1.165) is 10.6 Å². The van der Waals surface area contributed by atoms with E-state index in [2.05, 4.69) is 10.9 Å². The second-order valence-electron chi connectivity index (χ2n) is 5.46. The first-order chi connectivity index (χ1) is 11.5. The Balaban J connectivity index is 1.89. The van der Waals surface area contributed by atoms with Gasteiger partial charge in [-0.15, -0.1) is 11.8 Å². The number of carbonyl (C=O) groups is 2. The van der Waals surface area contributed by atoms with Crippen LogP contribution in [0.15, 0.2) is 59.5 Å². The normalized spacial score (nSPS) is 11.5. The van der Waals surface area contributed by atoms with Gasteiger partial charge in [-0.3, -0.25) is 20.4 Å². The summed E-state index contributed by atoms with van der Waals surface area (Å²) in [4.78, 5) is 27.2. The molecule has 24 heavy (non-hydrogen) atoms. The molecule has 5 nitrogen and oxygen atoms in total. The first-order valence-corrected chi connectivity index (χ1v) is 8.44. The average Bonchev–Trinajstić information content (AvgIpc) is 2.60. The van der Waals surface area contributed by atoms with Crippen LogP contribution in [-0.2, 0) is 4.79 Å². The molecular formula is C18H21N3O2S. The minimum absolute atomic E-state index is 0.249. The Hall–Kier alpha value is -2.47. The summed E-state index contributed by atoms with van der Waals surface area (Å²) in [6.07, 6.45) is 0. The average molecular weight is 343 g/mol. The summed E-state index contributed by atoms with van der Waals surface area (Å²) in [5, 5.41) is -0.319. The van der Waals surface area contributed by atoms with Crippen LogP contribution >= 0.6 is 11.8 Å². The van der Waals surface area contributed by atoms with Gasteiger partial charge >= 0.3 is 0 Å². The maximum atomic E-state index is 12.2. The minimum Gasteiger partial charge on any atom is -0.378 e. The summed E-state index contributed by atoms with van der Waals surface area (Å²) in [6, 6.07) is 16.9. The van der Waals surface area contributed by atoms with Crippen molar-refractivity contribution in [1.29, 1.82) is 0 Å². The Morgan fingerprint density at radius 2 is 1.71 bits per heavy atom. The Morgan fingerprint density at radius 3 is 2.38 bits per heavy atom. The van der Waals surface area contributed by atoms with Crippen molar-refractivity contribution < 1.29 is 9.59 Å². The highest BCUT2D eigenvalue weighted by Gasteiger charge is 2.15. The van der Waals surface area contributed by atoms with Crippen LogP contribution in [0.25, 0.3) is 0 Å².